The zero-order chi connectivity index (χ0) is 11.4. The number of carbonyl (C=O) groups is 1. The molecule has 1 saturated heterocycles. The van der Waals surface area contributed by atoms with E-state index in [1.165, 1.54) is 44.9 Å². The van der Waals surface area contributed by atoms with Gasteiger partial charge in [0.25, 0.3) is 0 Å². The monoisotopic (exact) mass is 224 g/mol. The zero-order valence-electron chi connectivity index (χ0n) is 10.4. The summed E-state index contributed by atoms with van der Waals surface area (Å²) in [5, 5.41) is 3.50. The van der Waals surface area contributed by atoms with Crippen LogP contribution in [0.15, 0.2) is 0 Å². The number of hydrogen-bond donors (Lipinski definition) is 1. The lowest BCUT2D eigenvalue weighted by Crippen LogP contribution is -2.48. The molecule has 2 rings (SSSR count). The molecule has 1 heterocycles. The van der Waals surface area contributed by atoms with Crippen LogP contribution in [0.3, 0.4) is 0 Å². The van der Waals surface area contributed by atoms with E-state index in [1.54, 1.807) is 0 Å². The molecule has 0 spiro atoms. The molecule has 16 heavy (non-hydrogen) atoms. The topological polar surface area (TPSA) is 32.3 Å². The first-order valence-electron chi connectivity index (χ1n) is 6.82. The van der Waals surface area contributed by atoms with Gasteiger partial charge in [-0.3, -0.25) is 4.79 Å². The summed E-state index contributed by atoms with van der Waals surface area (Å²) in [6.07, 6.45) is 8.87. The Morgan fingerprint density at radius 1 is 1.12 bits per heavy atom. The number of carbonyl (C=O) groups excluding carboxylic acids is 1. The molecule has 1 saturated carbocycles. The fraction of sp³-hybridized carbons (Fsp3) is 0.923. The third-order valence-corrected chi connectivity index (χ3v) is 3.88. The van der Waals surface area contributed by atoms with E-state index in [9.17, 15) is 4.79 Å². The third-order valence-electron chi connectivity index (χ3n) is 3.88. The van der Waals surface area contributed by atoms with E-state index in [4.69, 9.17) is 0 Å². The van der Waals surface area contributed by atoms with Crippen LogP contribution < -0.4 is 5.32 Å². The second-order valence-corrected chi connectivity index (χ2v) is 5.26. The zero-order valence-corrected chi connectivity index (χ0v) is 10.4. The minimum Gasteiger partial charge on any atom is -0.341 e. The first kappa shape index (κ1) is 11.9. The molecule has 1 N–H and O–H groups in total. The minimum absolute atomic E-state index is 0.0150. The highest BCUT2D eigenvalue weighted by molar-refractivity contribution is 5.81. The molecule has 3 heteroatoms. The molecule has 92 valence electrons. The van der Waals surface area contributed by atoms with Crippen LogP contribution in [0.4, 0.5) is 0 Å². The van der Waals surface area contributed by atoms with Crippen molar-refractivity contribution in [3.8, 4) is 0 Å². The summed E-state index contributed by atoms with van der Waals surface area (Å²) in [5.41, 5.74) is 0. The molecule has 1 atom stereocenters. The average Bonchev–Trinajstić information content (AvgIpc) is 2.83. The lowest BCUT2D eigenvalue weighted by Gasteiger charge is -2.28. The van der Waals surface area contributed by atoms with Crippen LogP contribution in [-0.4, -0.2) is 36.0 Å². The maximum Gasteiger partial charge on any atom is 0.239 e. The number of nitrogens with one attached hydrogen (secondary N) is 1. The van der Waals surface area contributed by atoms with Gasteiger partial charge >= 0.3 is 0 Å². The van der Waals surface area contributed by atoms with Gasteiger partial charge in [-0.05, 0) is 32.6 Å². The molecule has 0 unspecified atom stereocenters. The first-order valence-corrected chi connectivity index (χ1v) is 6.82. The van der Waals surface area contributed by atoms with E-state index in [0.29, 0.717) is 11.9 Å². The smallest absolute Gasteiger partial charge is 0.239 e. The maximum absolute atomic E-state index is 12.1. The van der Waals surface area contributed by atoms with Gasteiger partial charge in [-0.1, -0.05) is 19.3 Å². The molecule has 2 aliphatic rings. The highest BCUT2D eigenvalue weighted by Gasteiger charge is 2.25. The second-order valence-electron chi connectivity index (χ2n) is 5.26. The van der Waals surface area contributed by atoms with Crippen LogP contribution in [-0.2, 0) is 4.79 Å². The van der Waals surface area contributed by atoms with Crippen LogP contribution in [0.1, 0.15) is 51.9 Å². The standard InChI is InChI=1S/C13H24N2O/c1-11(13(16)15-9-5-6-10-15)14-12-7-3-2-4-8-12/h11-12,14H,2-10H2,1H3/t11-/m0/s1. The third kappa shape index (κ3) is 2.97. The summed E-state index contributed by atoms with van der Waals surface area (Å²) in [6.45, 7) is 3.96. The Kier molecular flexibility index (Phi) is 4.22. The van der Waals surface area contributed by atoms with Crippen LogP contribution in [0.5, 0.6) is 0 Å². The Balaban J connectivity index is 1.77. The van der Waals surface area contributed by atoms with Gasteiger partial charge in [0, 0.05) is 19.1 Å². The largest absolute Gasteiger partial charge is 0.341 e. The van der Waals surface area contributed by atoms with E-state index in [0.717, 1.165) is 13.1 Å². The molecule has 1 aliphatic heterocycles. The minimum atomic E-state index is 0.0150. The normalized spacial score (nSPS) is 24.7. The highest BCUT2D eigenvalue weighted by Crippen LogP contribution is 2.18. The molecule has 0 radical (unpaired) electrons. The highest BCUT2D eigenvalue weighted by atomic mass is 16.2. The van der Waals surface area contributed by atoms with Crippen molar-refractivity contribution in [2.75, 3.05) is 13.1 Å². The van der Waals surface area contributed by atoms with Gasteiger partial charge in [0.1, 0.15) is 0 Å². The second kappa shape index (κ2) is 5.67. The molecule has 0 aromatic heterocycles. The fourth-order valence-corrected chi connectivity index (χ4v) is 2.91. The van der Waals surface area contributed by atoms with E-state index in [-0.39, 0.29) is 6.04 Å². The summed E-state index contributed by atoms with van der Waals surface area (Å²) in [4.78, 5) is 14.1. The first-order chi connectivity index (χ1) is 7.77. The van der Waals surface area contributed by atoms with E-state index >= 15 is 0 Å². The van der Waals surface area contributed by atoms with Crippen molar-refractivity contribution < 1.29 is 4.79 Å². The Morgan fingerprint density at radius 2 is 1.75 bits per heavy atom. The maximum atomic E-state index is 12.1. The number of hydrogen-bond acceptors (Lipinski definition) is 2. The van der Waals surface area contributed by atoms with Gasteiger partial charge in [0.05, 0.1) is 6.04 Å². The van der Waals surface area contributed by atoms with Crippen LogP contribution >= 0.6 is 0 Å². The average molecular weight is 224 g/mol. The fourth-order valence-electron chi connectivity index (χ4n) is 2.91. The molecule has 0 aromatic carbocycles. The van der Waals surface area contributed by atoms with Gasteiger partial charge < -0.3 is 10.2 Å². The predicted molar refractivity (Wildman–Crippen MR) is 65.3 cm³/mol. The Bertz CT molecular complexity index is 230. The Morgan fingerprint density at radius 3 is 2.38 bits per heavy atom. The van der Waals surface area contributed by atoms with Gasteiger partial charge in [-0.15, -0.1) is 0 Å². The number of rotatable bonds is 3. The van der Waals surface area contributed by atoms with E-state index in [1.807, 2.05) is 11.8 Å². The van der Waals surface area contributed by atoms with Gasteiger partial charge in [0.15, 0.2) is 0 Å². The molecule has 1 amide bonds. The summed E-state index contributed by atoms with van der Waals surface area (Å²) < 4.78 is 0. The Labute approximate surface area is 98.6 Å². The molecular weight excluding hydrogens is 200 g/mol. The summed E-state index contributed by atoms with van der Waals surface area (Å²) in [7, 11) is 0. The molecule has 2 fully saturated rings. The lowest BCUT2D eigenvalue weighted by atomic mass is 9.95. The van der Waals surface area contributed by atoms with Gasteiger partial charge in [0.2, 0.25) is 5.91 Å². The SMILES string of the molecule is C[C@H](NC1CCCCC1)C(=O)N1CCCC1. The van der Waals surface area contributed by atoms with Crippen molar-refractivity contribution in [3.05, 3.63) is 0 Å². The molecule has 0 bridgehead atoms. The van der Waals surface area contributed by atoms with Crippen molar-refractivity contribution >= 4 is 5.91 Å². The molecule has 3 nitrogen and oxygen atoms in total. The molecular formula is C13H24N2O. The molecule has 1 aliphatic carbocycles. The van der Waals surface area contributed by atoms with Crippen LogP contribution in [0.25, 0.3) is 0 Å². The molecule has 0 aromatic rings. The predicted octanol–water partition coefficient (Wildman–Crippen LogP) is 1.92. The van der Waals surface area contributed by atoms with Crippen LogP contribution in [0.2, 0.25) is 0 Å². The Hall–Kier alpha value is -0.570. The van der Waals surface area contributed by atoms with Crippen molar-refractivity contribution in [1.82, 2.24) is 10.2 Å². The lowest BCUT2D eigenvalue weighted by molar-refractivity contribution is -0.132. The van der Waals surface area contributed by atoms with Crippen molar-refractivity contribution in [2.45, 2.75) is 64.0 Å². The summed E-state index contributed by atoms with van der Waals surface area (Å²) >= 11 is 0. The van der Waals surface area contributed by atoms with Crippen LogP contribution in [0, 0.1) is 0 Å². The number of likely N-dealkylation sites (tertiary alicyclic amines) is 1. The van der Waals surface area contributed by atoms with Crippen molar-refractivity contribution in [3.63, 3.8) is 0 Å². The van der Waals surface area contributed by atoms with Crippen molar-refractivity contribution in [1.29, 1.82) is 0 Å². The van der Waals surface area contributed by atoms with E-state index < -0.39 is 0 Å². The number of nitrogens with zero attached hydrogens (tertiary/aromatic N) is 1. The van der Waals surface area contributed by atoms with E-state index in [2.05, 4.69) is 5.32 Å². The quantitative estimate of drug-likeness (QED) is 0.794. The summed E-state index contributed by atoms with van der Waals surface area (Å²) in [6, 6.07) is 0.594. The number of amides is 1. The van der Waals surface area contributed by atoms with Gasteiger partial charge in [-0.25, -0.2) is 0 Å². The summed E-state index contributed by atoms with van der Waals surface area (Å²) in [5.74, 6) is 0.308. The van der Waals surface area contributed by atoms with Gasteiger partial charge in [-0.2, -0.15) is 0 Å². The van der Waals surface area contributed by atoms with Crippen molar-refractivity contribution in [2.24, 2.45) is 0 Å².